The van der Waals surface area contributed by atoms with Crippen molar-refractivity contribution < 1.29 is 17.6 Å². The summed E-state index contributed by atoms with van der Waals surface area (Å²) < 4.78 is 43.4. The van der Waals surface area contributed by atoms with Crippen LogP contribution in [0.15, 0.2) is 25.8 Å². The van der Waals surface area contributed by atoms with E-state index in [9.17, 15) is 18.0 Å². The minimum absolute atomic E-state index is 0.103. The molecule has 16 heavy (non-hydrogen) atoms. The molecule has 0 atom stereocenters. The van der Waals surface area contributed by atoms with Crippen molar-refractivity contribution >= 4 is 27.0 Å². The Kier molecular flexibility index (Phi) is 2.37. The monoisotopic (exact) mass is 295 g/mol. The highest BCUT2D eigenvalue weighted by Crippen LogP contribution is 2.34. The summed E-state index contributed by atoms with van der Waals surface area (Å²) in [4.78, 5) is 11.1. The van der Waals surface area contributed by atoms with Gasteiger partial charge in [0.1, 0.15) is 0 Å². The van der Waals surface area contributed by atoms with Crippen LogP contribution in [-0.4, -0.2) is 4.57 Å². The minimum Gasteiger partial charge on any atom is -0.406 e. The van der Waals surface area contributed by atoms with E-state index < -0.39 is 17.5 Å². The lowest BCUT2D eigenvalue weighted by Crippen LogP contribution is -2.09. The first kappa shape index (κ1) is 11.3. The van der Waals surface area contributed by atoms with Gasteiger partial charge in [0, 0.05) is 7.05 Å². The number of nitrogens with zero attached hydrogens (tertiary/aromatic N) is 1. The summed E-state index contributed by atoms with van der Waals surface area (Å²) in [5, 5.41) is 0. The molecule has 0 spiro atoms. The quantitative estimate of drug-likeness (QED) is 0.749. The topological polar surface area (TPSA) is 35.1 Å². The summed E-state index contributed by atoms with van der Waals surface area (Å²) in [6, 6.07) is 1.76. The number of aryl methyl sites for hydroxylation is 1. The van der Waals surface area contributed by atoms with Crippen LogP contribution in [0, 0.1) is 0 Å². The SMILES string of the molecule is Cn1c(=O)oc2c(Br)cc(C(F)(F)F)cc21. The molecule has 0 amide bonds. The van der Waals surface area contributed by atoms with Gasteiger partial charge in [-0.05, 0) is 28.1 Å². The van der Waals surface area contributed by atoms with Crippen LogP contribution >= 0.6 is 15.9 Å². The van der Waals surface area contributed by atoms with Crippen molar-refractivity contribution in [1.82, 2.24) is 4.57 Å². The Bertz CT molecular complexity index is 611. The standard InChI is InChI=1S/C9H5BrF3NO2/c1-14-6-3-4(9(11,12)13)2-5(10)7(6)16-8(14)15/h2-3H,1H3. The number of alkyl halides is 3. The van der Waals surface area contributed by atoms with Crippen LogP contribution in [0.4, 0.5) is 13.2 Å². The highest BCUT2D eigenvalue weighted by molar-refractivity contribution is 9.10. The van der Waals surface area contributed by atoms with Crippen LogP contribution in [-0.2, 0) is 13.2 Å². The van der Waals surface area contributed by atoms with E-state index in [1.54, 1.807) is 0 Å². The Morgan fingerprint density at radius 3 is 2.56 bits per heavy atom. The molecular formula is C9H5BrF3NO2. The van der Waals surface area contributed by atoms with Gasteiger partial charge in [0.15, 0.2) is 5.58 Å². The molecule has 7 heteroatoms. The fraction of sp³-hybridized carbons (Fsp3) is 0.222. The summed E-state index contributed by atoms with van der Waals surface area (Å²) in [5.74, 6) is -0.699. The Hall–Kier alpha value is -1.24. The van der Waals surface area contributed by atoms with E-state index in [1.165, 1.54) is 7.05 Å². The van der Waals surface area contributed by atoms with Gasteiger partial charge < -0.3 is 4.42 Å². The number of benzene rings is 1. The lowest BCUT2D eigenvalue weighted by molar-refractivity contribution is -0.137. The molecule has 2 rings (SSSR count). The summed E-state index contributed by atoms with van der Waals surface area (Å²) in [5.41, 5.74) is -0.615. The van der Waals surface area contributed by atoms with Crippen LogP contribution < -0.4 is 5.76 Å². The molecule has 0 unspecified atom stereocenters. The van der Waals surface area contributed by atoms with E-state index >= 15 is 0 Å². The van der Waals surface area contributed by atoms with E-state index in [0.29, 0.717) is 0 Å². The second-order valence-electron chi connectivity index (χ2n) is 3.23. The zero-order chi connectivity index (χ0) is 12.1. The van der Waals surface area contributed by atoms with Crippen molar-refractivity contribution in [3.63, 3.8) is 0 Å². The van der Waals surface area contributed by atoms with Gasteiger partial charge in [-0.1, -0.05) is 0 Å². The molecule has 0 bridgehead atoms. The molecule has 0 saturated heterocycles. The average molecular weight is 296 g/mol. The maximum Gasteiger partial charge on any atom is 0.419 e. The van der Waals surface area contributed by atoms with Crippen LogP contribution in [0.2, 0.25) is 0 Å². The number of halogens is 4. The molecule has 1 aromatic heterocycles. The second kappa shape index (κ2) is 3.38. The third-order valence-electron chi connectivity index (χ3n) is 2.18. The van der Waals surface area contributed by atoms with Crippen molar-refractivity contribution in [3.8, 4) is 0 Å². The van der Waals surface area contributed by atoms with Gasteiger partial charge in [-0.25, -0.2) is 4.79 Å². The van der Waals surface area contributed by atoms with E-state index in [2.05, 4.69) is 15.9 Å². The van der Waals surface area contributed by atoms with Gasteiger partial charge >= 0.3 is 11.9 Å². The van der Waals surface area contributed by atoms with E-state index in [-0.39, 0.29) is 15.6 Å². The van der Waals surface area contributed by atoms with Gasteiger partial charge in [-0.3, -0.25) is 4.57 Å². The van der Waals surface area contributed by atoms with Crippen molar-refractivity contribution in [3.05, 3.63) is 32.7 Å². The first-order chi connectivity index (χ1) is 7.30. The first-order valence-corrected chi connectivity index (χ1v) is 4.96. The average Bonchev–Trinajstić information content (AvgIpc) is 2.44. The summed E-state index contributed by atoms with van der Waals surface area (Å²) in [7, 11) is 1.35. The second-order valence-corrected chi connectivity index (χ2v) is 4.09. The summed E-state index contributed by atoms with van der Waals surface area (Å²) in [6.07, 6.45) is -4.45. The van der Waals surface area contributed by atoms with Gasteiger partial charge in [-0.2, -0.15) is 13.2 Å². The number of rotatable bonds is 0. The van der Waals surface area contributed by atoms with E-state index in [1.807, 2.05) is 0 Å². The van der Waals surface area contributed by atoms with Gasteiger partial charge in [0.2, 0.25) is 0 Å². The lowest BCUT2D eigenvalue weighted by atomic mass is 10.2. The minimum atomic E-state index is -4.45. The Morgan fingerprint density at radius 2 is 2.00 bits per heavy atom. The van der Waals surface area contributed by atoms with Gasteiger partial charge in [0.25, 0.3) is 0 Å². The fourth-order valence-corrected chi connectivity index (χ4v) is 1.88. The molecule has 0 aliphatic heterocycles. The predicted octanol–water partition coefficient (Wildman–Crippen LogP) is 2.91. The van der Waals surface area contributed by atoms with Crippen molar-refractivity contribution in [2.45, 2.75) is 6.18 Å². The highest BCUT2D eigenvalue weighted by Gasteiger charge is 2.32. The Morgan fingerprint density at radius 1 is 1.38 bits per heavy atom. The molecule has 2 aromatic rings. The van der Waals surface area contributed by atoms with Gasteiger partial charge in [-0.15, -0.1) is 0 Å². The number of aromatic nitrogens is 1. The zero-order valence-electron chi connectivity index (χ0n) is 7.93. The number of hydrogen-bond acceptors (Lipinski definition) is 2. The molecule has 0 fully saturated rings. The molecule has 86 valence electrons. The first-order valence-electron chi connectivity index (χ1n) is 4.17. The molecule has 0 aliphatic carbocycles. The van der Waals surface area contributed by atoms with Crippen molar-refractivity contribution in [2.75, 3.05) is 0 Å². The summed E-state index contributed by atoms with van der Waals surface area (Å²) >= 11 is 2.94. The highest BCUT2D eigenvalue weighted by atomic mass is 79.9. The van der Waals surface area contributed by atoms with Crippen molar-refractivity contribution in [2.24, 2.45) is 7.05 Å². The summed E-state index contributed by atoms with van der Waals surface area (Å²) in [6.45, 7) is 0. The number of oxazole rings is 1. The maximum atomic E-state index is 12.5. The van der Waals surface area contributed by atoms with E-state index in [0.717, 1.165) is 16.7 Å². The molecule has 1 aromatic carbocycles. The molecule has 0 aliphatic rings. The largest absolute Gasteiger partial charge is 0.419 e. The number of fused-ring (bicyclic) bond motifs is 1. The predicted molar refractivity (Wildman–Crippen MR) is 54.2 cm³/mol. The smallest absolute Gasteiger partial charge is 0.406 e. The molecule has 0 N–H and O–H groups in total. The Balaban J connectivity index is 2.85. The van der Waals surface area contributed by atoms with Crippen LogP contribution in [0.3, 0.4) is 0 Å². The normalized spacial score (nSPS) is 12.3. The third kappa shape index (κ3) is 1.64. The molecule has 0 radical (unpaired) electrons. The van der Waals surface area contributed by atoms with Gasteiger partial charge in [0.05, 0.1) is 15.6 Å². The Labute approximate surface area is 95.6 Å². The third-order valence-corrected chi connectivity index (χ3v) is 2.76. The van der Waals surface area contributed by atoms with Crippen molar-refractivity contribution in [1.29, 1.82) is 0 Å². The van der Waals surface area contributed by atoms with E-state index in [4.69, 9.17) is 4.42 Å². The number of hydrogen-bond donors (Lipinski definition) is 0. The van der Waals surface area contributed by atoms with Crippen LogP contribution in [0.1, 0.15) is 5.56 Å². The fourth-order valence-electron chi connectivity index (χ4n) is 1.35. The zero-order valence-corrected chi connectivity index (χ0v) is 9.52. The molecule has 3 nitrogen and oxygen atoms in total. The molecule has 1 heterocycles. The molecule has 0 saturated carbocycles. The molecular weight excluding hydrogens is 291 g/mol. The van der Waals surface area contributed by atoms with Crippen LogP contribution in [0.5, 0.6) is 0 Å². The maximum absolute atomic E-state index is 12.5. The lowest BCUT2D eigenvalue weighted by Gasteiger charge is -2.07. The van der Waals surface area contributed by atoms with Crippen LogP contribution in [0.25, 0.3) is 11.1 Å².